The van der Waals surface area contributed by atoms with Crippen LogP contribution in [0.15, 0.2) is 22.7 Å². The van der Waals surface area contributed by atoms with E-state index in [0.717, 1.165) is 6.07 Å². The number of sulfone groups is 1. The molecule has 0 spiro atoms. The van der Waals surface area contributed by atoms with Crippen LogP contribution < -0.4 is 4.72 Å². The second kappa shape index (κ2) is 8.19. The highest BCUT2D eigenvalue weighted by atomic mass is 79.9. The topological polar surface area (TPSA) is 93.0 Å². The molecular formula is C18H23BrF2N2O3S2. The molecule has 0 heterocycles. The summed E-state index contributed by atoms with van der Waals surface area (Å²) in [5.41, 5.74) is -2.34. The van der Waals surface area contributed by atoms with Crippen LogP contribution in [0.4, 0.5) is 8.78 Å². The van der Waals surface area contributed by atoms with Gasteiger partial charge in [0.25, 0.3) is 0 Å². The van der Waals surface area contributed by atoms with Crippen LogP contribution in [0.2, 0.25) is 0 Å². The van der Waals surface area contributed by atoms with Crippen LogP contribution in [0.3, 0.4) is 0 Å². The lowest BCUT2D eigenvalue weighted by atomic mass is 9.86. The minimum atomic E-state index is -4.15. The van der Waals surface area contributed by atoms with Gasteiger partial charge in [-0.1, -0.05) is 15.9 Å². The highest BCUT2D eigenvalue weighted by Gasteiger charge is 2.55. The number of halogens is 3. The lowest BCUT2D eigenvalue weighted by Gasteiger charge is -2.40. The smallest absolute Gasteiger partial charge is 0.171 e. The first-order valence-electron chi connectivity index (χ1n) is 8.67. The molecule has 0 bridgehead atoms. The molecule has 1 aromatic rings. The molecule has 1 saturated carbocycles. The molecule has 0 amide bonds. The highest BCUT2D eigenvalue weighted by molar-refractivity contribution is 9.10. The van der Waals surface area contributed by atoms with Crippen molar-refractivity contribution in [3.63, 3.8) is 0 Å². The largest absolute Gasteiger partial charge is 0.598 e. The van der Waals surface area contributed by atoms with Gasteiger partial charge in [-0.2, -0.15) is 5.26 Å². The Labute approximate surface area is 176 Å². The molecule has 2 unspecified atom stereocenters. The Morgan fingerprint density at radius 2 is 2.00 bits per heavy atom. The Morgan fingerprint density at radius 1 is 1.39 bits per heavy atom. The predicted molar refractivity (Wildman–Crippen MR) is 109 cm³/mol. The summed E-state index contributed by atoms with van der Waals surface area (Å²) in [5.74, 6) is -1.70. The van der Waals surface area contributed by atoms with E-state index in [4.69, 9.17) is 0 Å². The maximum Gasteiger partial charge on any atom is 0.171 e. The van der Waals surface area contributed by atoms with Crippen molar-refractivity contribution in [3.8, 4) is 6.07 Å². The molecule has 28 heavy (non-hydrogen) atoms. The standard InChI is InChI=1S/C18H23BrF2N2O3S2/c1-16(2,3)27(24)23-18(10-20,14-9-13(19)5-6-15(14)21)12-28(25,26)17(11-22)7-4-8-17/h5-6,9,23H,4,7-8,10,12H2,1-3H3. The van der Waals surface area contributed by atoms with Crippen molar-refractivity contribution in [3.05, 3.63) is 34.1 Å². The quantitative estimate of drug-likeness (QED) is 0.581. The monoisotopic (exact) mass is 496 g/mol. The van der Waals surface area contributed by atoms with Crippen LogP contribution in [-0.4, -0.2) is 34.9 Å². The molecule has 156 valence electrons. The predicted octanol–water partition coefficient (Wildman–Crippen LogP) is 3.67. The third-order valence-corrected chi connectivity index (χ3v) is 9.66. The lowest BCUT2D eigenvalue weighted by molar-refractivity contribution is 0.295. The SMILES string of the molecule is CC(C)(C)[S+]([O-])NC(CF)(CS(=O)(=O)C1(C#N)CCC1)c1cc(Br)ccc1F. The first-order valence-corrected chi connectivity index (χ1v) is 12.3. The molecule has 1 fully saturated rings. The van der Waals surface area contributed by atoms with E-state index in [1.807, 2.05) is 6.07 Å². The number of benzene rings is 1. The van der Waals surface area contributed by atoms with Gasteiger partial charge in [0.05, 0.1) is 11.8 Å². The normalized spacial score (nSPS) is 19.9. The zero-order valence-electron chi connectivity index (χ0n) is 15.9. The summed E-state index contributed by atoms with van der Waals surface area (Å²) in [7, 11) is -4.15. The average Bonchev–Trinajstić information content (AvgIpc) is 2.54. The molecule has 5 nitrogen and oxygen atoms in total. The fraction of sp³-hybridized carbons (Fsp3) is 0.611. The Bertz CT molecular complexity index is 880. The van der Waals surface area contributed by atoms with Crippen LogP contribution in [0.1, 0.15) is 45.6 Å². The Balaban J connectivity index is 2.61. The van der Waals surface area contributed by atoms with Crippen LogP contribution in [0.25, 0.3) is 0 Å². The summed E-state index contributed by atoms with van der Waals surface area (Å²) in [5, 5.41) is 9.44. The van der Waals surface area contributed by atoms with Crippen molar-refractivity contribution in [2.45, 2.75) is 55.1 Å². The molecular weight excluding hydrogens is 474 g/mol. The van der Waals surface area contributed by atoms with E-state index in [1.54, 1.807) is 20.8 Å². The summed E-state index contributed by atoms with van der Waals surface area (Å²) in [4.78, 5) is 0. The first-order chi connectivity index (χ1) is 12.8. The van der Waals surface area contributed by atoms with Crippen molar-refractivity contribution in [1.82, 2.24) is 4.72 Å². The fourth-order valence-electron chi connectivity index (χ4n) is 2.95. The number of nitrogens with one attached hydrogen (secondary N) is 1. The zero-order valence-corrected chi connectivity index (χ0v) is 19.1. The maximum atomic E-state index is 14.7. The molecule has 0 radical (unpaired) electrons. The van der Waals surface area contributed by atoms with Gasteiger partial charge in [-0.15, -0.1) is 4.72 Å². The third kappa shape index (κ3) is 4.38. The van der Waals surface area contributed by atoms with Gasteiger partial charge in [0.2, 0.25) is 0 Å². The van der Waals surface area contributed by atoms with Gasteiger partial charge in [-0.05, 0) is 58.2 Å². The highest BCUT2D eigenvalue weighted by Crippen LogP contribution is 2.42. The van der Waals surface area contributed by atoms with E-state index >= 15 is 0 Å². The summed E-state index contributed by atoms with van der Waals surface area (Å²) >= 11 is 1.30. The minimum Gasteiger partial charge on any atom is -0.598 e. The maximum absolute atomic E-state index is 14.7. The van der Waals surface area contributed by atoms with E-state index in [-0.39, 0.29) is 18.4 Å². The molecule has 1 aromatic carbocycles. The molecule has 1 aliphatic rings. The summed E-state index contributed by atoms with van der Waals surface area (Å²) in [6.45, 7) is 3.58. The third-order valence-electron chi connectivity index (χ3n) is 4.91. The van der Waals surface area contributed by atoms with Gasteiger partial charge in [-0.25, -0.2) is 17.2 Å². The number of alkyl halides is 1. The van der Waals surface area contributed by atoms with Gasteiger partial charge in [0, 0.05) is 21.4 Å². The van der Waals surface area contributed by atoms with Crippen molar-refractivity contribution in [1.29, 1.82) is 5.26 Å². The van der Waals surface area contributed by atoms with Crippen molar-refractivity contribution >= 4 is 37.1 Å². The molecule has 1 N–H and O–H groups in total. The summed E-state index contributed by atoms with van der Waals surface area (Å²) in [6, 6.07) is 5.61. The van der Waals surface area contributed by atoms with Crippen LogP contribution in [-0.2, 0) is 26.7 Å². The Morgan fingerprint density at radius 3 is 2.43 bits per heavy atom. The number of nitriles is 1. The van der Waals surface area contributed by atoms with Crippen LogP contribution in [0, 0.1) is 17.1 Å². The number of rotatable bonds is 7. The number of hydrogen-bond acceptors (Lipinski definition) is 5. The van der Waals surface area contributed by atoms with Crippen molar-refractivity contribution < 1.29 is 21.8 Å². The van der Waals surface area contributed by atoms with Gasteiger partial charge in [-0.3, -0.25) is 0 Å². The number of nitrogens with zero attached hydrogens (tertiary/aromatic N) is 1. The summed E-state index contributed by atoms with van der Waals surface area (Å²) < 4.78 is 68.5. The molecule has 2 atom stereocenters. The average molecular weight is 497 g/mol. The van der Waals surface area contributed by atoms with Gasteiger partial charge in [0.1, 0.15) is 22.8 Å². The van der Waals surface area contributed by atoms with E-state index in [0.29, 0.717) is 10.9 Å². The molecule has 0 aliphatic heterocycles. The van der Waals surface area contributed by atoms with Gasteiger partial charge < -0.3 is 4.55 Å². The van der Waals surface area contributed by atoms with E-state index in [1.165, 1.54) is 12.1 Å². The molecule has 1 aliphatic carbocycles. The lowest BCUT2D eigenvalue weighted by Crippen LogP contribution is -2.59. The van der Waals surface area contributed by atoms with E-state index in [9.17, 15) is 27.0 Å². The van der Waals surface area contributed by atoms with Crippen LogP contribution in [0.5, 0.6) is 0 Å². The van der Waals surface area contributed by atoms with E-state index < -0.39 is 54.5 Å². The zero-order chi connectivity index (χ0) is 21.4. The second-order valence-electron chi connectivity index (χ2n) is 8.04. The van der Waals surface area contributed by atoms with E-state index in [2.05, 4.69) is 20.7 Å². The molecule has 10 heteroatoms. The second-order valence-corrected chi connectivity index (χ2v) is 13.2. The molecule has 0 aromatic heterocycles. The fourth-order valence-corrected chi connectivity index (χ4v) is 6.58. The molecule has 0 saturated heterocycles. The Hall–Kier alpha value is -0.730. The Kier molecular flexibility index (Phi) is 6.88. The van der Waals surface area contributed by atoms with Crippen molar-refractivity contribution in [2.24, 2.45) is 0 Å². The molecule has 2 rings (SSSR count). The van der Waals surface area contributed by atoms with Gasteiger partial charge >= 0.3 is 0 Å². The first kappa shape index (κ1) is 23.5. The van der Waals surface area contributed by atoms with Crippen molar-refractivity contribution in [2.75, 3.05) is 12.4 Å². The minimum absolute atomic E-state index is 0.150. The van der Waals surface area contributed by atoms with Gasteiger partial charge in [0.15, 0.2) is 14.6 Å². The number of hydrogen-bond donors (Lipinski definition) is 1. The summed E-state index contributed by atoms with van der Waals surface area (Å²) in [6.07, 6.45) is 0.872. The van der Waals surface area contributed by atoms with Crippen LogP contribution >= 0.6 is 15.9 Å².